The van der Waals surface area contributed by atoms with Gasteiger partial charge in [0.15, 0.2) is 31.5 Å². The van der Waals surface area contributed by atoms with Crippen LogP contribution in [-0.2, 0) is 85.4 Å². The Morgan fingerprint density at radius 3 is 1.59 bits per heavy atom. The zero-order valence-electron chi connectivity index (χ0n) is 52.9. The predicted molar refractivity (Wildman–Crippen MR) is 300 cm³/mol. The van der Waals surface area contributed by atoms with Gasteiger partial charge >= 0.3 is 11.9 Å². The van der Waals surface area contributed by atoms with Crippen molar-refractivity contribution in [3.63, 3.8) is 0 Å². The number of ether oxygens (including phenoxy) is 16. The lowest BCUT2D eigenvalue weighted by Crippen LogP contribution is -2.72. The Hall–Kier alpha value is -1.82. The van der Waals surface area contributed by atoms with Crippen molar-refractivity contribution in [1.82, 2.24) is 0 Å². The first kappa shape index (κ1) is 67.6. The molecule has 23 nitrogen and oxygen atoms in total. The summed E-state index contributed by atoms with van der Waals surface area (Å²) in [5.74, 6) is -1.17. The van der Waals surface area contributed by atoms with E-state index in [4.69, 9.17) is 75.8 Å². The number of fused-ring (bicyclic) bond motifs is 5. The van der Waals surface area contributed by atoms with Crippen LogP contribution in [0.1, 0.15) is 160 Å². The van der Waals surface area contributed by atoms with E-state index in [1.807, 2.05) is 41.5 Å². The summed E-state index contributed by atoms with van der Waals surface area (Å²) in [6.45, 7) is 20.1. The van der Waals surface area contributed by atoms with Gasteiger partial charge < -0.3 is 101 Å². The summed E-state index contributed by atoms with van der Waals surface area (Å²) in [6.07, 6.45) is -9.89. The van der Waals surface area contributed by atoms with Gasteiger partial charge in [0.2, 0.25) is 0 Å². The second kappa shape index (κ2) is 27.2. The first-order chi connectivity index (χ1) is 40.2. The molecule has 0 radical (unpaired) electrons. The van der Waals surface area contributed by atoms with Crippen molar-refractivity contribution < 1.29 is 111 Å². The van der Waals surface area contributed by atoms with Gasteiger partial charge in [0.1, 0.15) is 60.5 Å². The molecule has 0 aromatic rings. The normalized spacial score (nSPS) is 50.9. The van der Waals surface area contributed by atoms with Gasteiger partial charge in [0, 0.05) is 61.0 Å². The minimum absolute atomic E-state index is 0.00482. The van der Waals surface area contributed by atoms with Gasteiger partial charge in [-0.15, -0.1) is 0 Å². The van der Waals surface area contributed by atoms with Crippen LogP contribution < -0.4 is 0 Å². The molecule has 9 fully saturated rings. The maximum absolute atomic E-state index is 13.1. The molecule has 0 unspecified atom stereocenters. The Morgan fingerprint density at radius 1 is 0.565 bits per heavy atom. The molecular weight excluding hydrogens is 1110 g/mol. The highest BCUT2D eigenvalue weighted by Crippen LogP contribution is 2.71. The Morgan fingerprint density at radius 2 is 1.08 bits per heavy atom. The second-order valence-electron chi connectivity index (χ2n) is 27.0. The molecule has 0 aromatic heterocycles. The van der Waals surface area contributed by atoms with Crippen molar-refractivity contribution in [1.29, 1.82) is 0 Å². The fourth-order valence-corrected chi connectivity index (χ4v) is 17.0. The molecule has 32 atom stereocenters. The van der Waals surface area contributed by atoms with Crippen LogP contribution in [-0.4, -0.2) is 225 Å². The first-order valence-electron chi connectivity index (χ1n) is 31.7. The molecule has 9 rings (SSSR count). The molecule has 4 aliphatic carbocycles. The zero-order chi connectivity index (χ0) is 61.8. The third-order valence-electron chi connectivity index (χ3n) is 22.4. The maximum Gasteiger partial charge on any atom is 0.309 e. The number of methoxy groups -OCH3 is 4. The summed E-state index contributed by atoms with van der Waals surface area (Å²) in [6, 6.07) is 0. The van der Waals surface area contributed by atoms with Crippen LogP contribution in [0, 0.1) is 34.5 Å². The molecule has 5 aliphatic heterocycles. The molecule has 0 spiro atoms. The molecule has 5 N–H and O–H groups in total. The van der Waals surface area contributed by atoms with E-state index in [0.29, 0.717) is 38.5 Å². The number of carbonyl (C=O) groups excluding carboxylic acids is 2. The number of hydrogen-bond donors (Lipinski definition) is 5. The molecular formula is C62H104O23. The highest BCUT2D eigenvalue weighted by Gasteiger charge is 2.77. The summed E-state index contributed by atoms with van der Waals surface area (Å²) in [4.78, 5) is 25.9. The van der Waals surface area contributed by atoms with Crippen LogP contribution >= 0.6 is 0 Å². The van der Waals surface area contributed by atoms with Crippen molar-refractivity contribution in [2.45, 2.75) is 318 Å². The quantitative estimate of drug-likeness (QED) is 0.0862. The van der Waals surface area contributed by atoms with Crippen LogP contribution in [0.5, 0.6) is 0 Å². The third kappa shape index (κ3) is 12.9. The van der Waals surface area contributed by atoms with Crippen LogP contribution in [0.3, 0.4) is 0 Å². The minimum atomic E-state index is -1.63. The summed E-state index contributed by atoms with van der Waals surface area (Å²) in [7, 11) is 6.22. The number of rotatable bonds is 19. The highest BCUT2D eigenvalue weighted by atomic mass is 16.8. The third-order valence-corrected chi connectivity index (χ3v) is 22.4. The van der Waals surface area contributed by atoms with Gasteiger partial charge in [-0.05, 0) is 122 Å². The Kier molecular flexibility index (Phi) is 21.6. The standard InChI is InChI=1S/C62H104O23/c1-16-29(2)57(67)79-35(8)61(68)21-22-62(69)39-18-17-37-23-38(19-20-59(37,10)40(39)24-45(60(61,62)11)80-36(9)63)81-46-25-41(64)52(31(4)74-46)82-47-26-42(70-12)53(32(5)75-47)83-48-27-43(71-13)54(33(6)76-48)84-49-28-44(72-14)55(34(7)77-49)85-58-51(66)56(73-15)50(65)30(3)78-58/h29-35,37-56,58,64-66,68-69H,16-28H2,1-15H3/t29-,30+,31-,32-,33-,34-,35-,37+,38-,39-,40+,41-,42-,43-,44-,45-,46+,47+,48+,49+,50+,51+,52-,53-,54-,55-,56-,58-,59-,60-,61-,62-/m1/s1. The van der Waals surface area contributed by atoms with Crippen molar-refractivity contribution in [3.8, 4) is 0 Å². The minimum Gasteiger partial charge on any atom is -0.462 e. The summed E-state index contributed by atoms with van der Waals surface area (Å²) in [5, 5.41) is 58.9. The van der Waals surface area contributed by atoms with Gasteiger partial charge in [-0.2, -0.15) is 0 Å². The fraction of sp³-hybridized carbons (Fsp3) is 0.968. The molecule has 0 amide bonds. The average Bonchev–Trinajstić information content (AvgIpc) is 1.61. The average molecular weight is 1220 g/mol. The zero-order valence-corrected chi connectivity index (χ0v) is 52.9. The predicted octanol–water partition coefficient (Wildman–Crippen LogP) is 4.75. The van der Waals surface area contributed by atoms with E-state index >= 15 is 0 Å². The lowest BCUT2D eigenvalue weighted by Gasteiger charge is -2.66. The molecule has 5 saturated heterocycles. The van der Waals surface area contributed by atoms with E-state index in [2.05, 4.69) is 6.92 Å². The second-order valence-corrected chi connectivity index (χ2v) is 27.0. The van der Waals surface area contributed by atoms with E-state index in [1.165, 1.54) is 14.0 Å². The number of hydrogen-bond acceptors (Lipinski definition) is 23. The van der Waals surface area contributed by atoms with Crippen molar-refractivity contribution in [2.24, 2.45) is 34.5 Å². The highest BCUT2D eigenvalue weighted by molar-refractivity contribution is 5.72. The van der Waals surface area contributed by atoms with Crippen LogP contribution in [0.2, 0.25) is 0 Å². The summed E-state index contributed by atoms with van der Waals surface area (Å²) < 4.78 is 99.7. The van der Waals surface area contributed by atoms with Gasteiger partial charge in [0.05, 0.1) is 78.0 Å². The van der Waals surface area contributed by atoms with E-state index in [1.54, 1.807) is 42.1 Å². The molecule has 9 aliphatic rings. The van der Waals surface area contributed by atoms with Crippen LogP contribution in [0.4, 0.5) is 0 Å². The Labute approximate surface area is 502 Å². The molecule has 85 heavy (non-hydrogen) atoms. The molecule has 0 bridgehead atoms. The fourth-order valence-electron chi connectivity index (χ4n) is 17.0. The maximum atomic E-state index is 13.1. The molecule has 0 aromatic carbocycles. The van der Waals surface area contributed by atoms with Crippen molar-refractivity contribution in [2.75, 3.05) is 28.4 Å². The Balaban J connectivity index is 0.749. The molecule has 4 saturated carbocycles. The van der Waals surface area contributed by atoms with E-state index in [0.717, 1.165) is 32.1 Å². The number of carbonyl (C=O) groups is 2. The van der Waals surface area contributed by atoms with Crippen LogP contribution in [0.15, 0.2) is 0 Å². The SMILES string of the molecule is CC[C@@H](C)C(=O)O[C@H](C)[C@]1(O)CC[C@@]2(O)[C@@H]3CC[C@H]4C[C@H](O[C@H]5C[C@@H](O)[C@H](O[C@H]6C[C@@H](OC)[C@H](O[C@H]7C[C@@H](OC)[C@H](O[C@H]8C[C@@H](OC)[C@H](O[C@H]9O[C@@H](C)[C@H](O)[C@@H](OC)[C@@H]9O)[C@@H](C)O8)[C@@H](C)O7)[C@@H](C)O6)[C@@H](C)O5)CC[C@@]4(C)[C@H]3C[C@@H](OC(C)=O)[C@@]21C. The molecule has 23 heteroatoms. The van der Waals surface area contributed by atoms with Gasteiger partial charge in [-0.1, -0.05) is 27.7 Å². The van der Waals surface area contributed by atoms with E-state index in [-0.39, 0.29) is 48.0 Å². The molecule has 490 valence electrons. The summed E-state index contributed by atoms with van der Waals surface area (Å²) >= 11 is 0. The number of aliphatic hydroxyl groups excluding tert-OH is 3. The summed E-state index contributed by atoms with van der Waals surface area (Å²) in [5.41, 5.74) is -4.52. The first-order valence-corrected chi connectivity index (χ1v) is 31.7. The van der Waals surface area contributed by atoms with Gasteiger partial charge in [-0.25, -0.2) is 0 Å². The van der Waals surface area contributed by atoms with Crippen LogP contribution in [0.25, 0.3) is 0 Å². The monoisotopic (exact) mass is 1220 g/mol. The van der Waals surface area contributed by atoms with E-state index < -0.39 is 170 Å². The lowest BCUT2D eigenvalue weighted by atomic mass is 9.42. The van der Waals surface area contributed by atoms with Gasteiger partial charge in [-0.3, -0.25) is 9.59 Å². The topological polar surface area (TPSA) is 283 Å². The lowest BCUT2D eigenvalue weighted by molar-refractivity contribution is -0.357. The van der Waals surface area contributed by atoms with Crippen molar-refractivity contribution >= 4 is 11.9 Å². The Bertz CT molecular complexity index is 2200. The van der Waals surface area contributed by atoms with E-state index in [9.17, 15) is 35.1 Å². The number of esters is 2. The van der Waals surface area contributed by atoms with Gasteiger partial charge in [0.25, 0.3) is 0 Å². The molecule has 5 heterocycles. The largest absolute Gasteiger partial charge is 0.462 e. The smallest absolute Gasteiger partial charge is 0.309 e. The number of aliphatic hydroxyl groups is 5. The van der Waals surface area contributed by atoms with Crippen molar-refractivity contribution in [3.05, 3.63) is 0 Å².